The smallest absolute Gasteiger partial charge is 0.253 e. The van der Waals surface area contributed by atoms with Gasteiger partial charge in [0.2, 0.25) is 0 Å². The van der Waals surface area contributed by atoms with E-state index in [4.69, 9.17) is 0 Å². The third-order valence-corrected chi connectivity index (χ3v) is 5.91. The van der Waals surface area contributed by atoms with Crippen LogP contribution >= 0.6 is 0 Å². The van der Waals surface area contributed by atoms with Gasteiger partial charge >= 0.3 is 0 Å². The van der Waals surface area contributed by atoms with Gasteiger partial charge in [0.05, 0.1) is 5.56 Å². The van der Waals surface area contributed by atoms with Crippen molar-refractivity contribution in [1.29, 1.82) is 0 Å². The second-order valence-electron chi connectivity index (χ2n) is 8.34. The standard InChI is InChI=1S/C25H33N3O2/c1-4-18(2)17-26-25(30)22-10-5-6-11-23(22)28-14-12-21(13-15-28)27-24(29)20-9-7-8-19(3)16-20/h5-11,16,18,21H,4,12-15,17H2,1-3H3,(H,26,30)(H,27,29). The van der Waals surface area contributed by atoms with Crippen LogP contribution in [-0.4, -0.2) is 37.5 Å². The Balaban J connectivity index is 1.58. The van der Waals surface area contributed by atoms with Crippen molar-refractivity contribution in [1.82, 2.24) is 10.6 Å². The summed E-state index contributed by atoms with van der Waals surface area (Å²) in [5.74, 6) is 0.441. The molecule has 5 nitrogen and oxygen atoms in total. The van der Waals surface area contributed by atoms with Gasteiger partial charge in [0.15, 0.2) is 0 Å². The molecule has 5 heteroatoms. The van der Waals surface area contributed by atoms with Crippen molar-refractivity contribution in [3.63, 3.8) is 0 Å². The summed E-state index contributed by atoms with van der Waals surface area (Å²) in [7, 11) is 0. The van der Waals surface area contributed by atoms with Crippen molar-refractivity contribution in [3.05, 3.63) is 65.2 Å². The van der Waals surface area contributed by atoms with E-state index in [0.717, 1.165) is 49.2 Å². The van der Waals surface area contributed by atoms with Gasteiger partial charge in [-0.05, 0) is 49.9 Å². The van der Waals surface area contributed by atoms with Gasteiger partial charge in [0.1, 0.15) is 0 Å². The van der Waals surface area contributed by atoms with Gasteiger partial charge in [0.25, 0.3) is 11.8 Å². The molecule has 2 aromatic carbocycles. The van der Waals surface area contributed by atoms with E-state index in [-0.39, 0.29) is 17.9 Å². The van der Waals surface area contributed by atoms with Crippen LogP contribution in [0.3, 0.4) is 0 Å². The van der Waals surface area contributed by atoms with Crippen LogP contribution in [0.5, 0.6) is 0 Å². The fourth-order valence-corrected chi connectivity index (χ4v) is 3.77. The van der Waals surface area contributed by atoms with Crippen LogP contribution in [0, 0.1) is 12.8 Å². The highest BCUT2D eigenvalue weighted by molar-refractivity contribution is 5.99. The van der Waals surface area contributed by atoms with Gasteiger partial charge in [-0.1, -0.05) is 50.1 Å². The van der Waals surface area contributed by atoms with Gasteiger partial charge in [-0.3, -0.25) is 9.59 Å². The van der Waals surface area contributed by atoms with Crippen molar-refractivity contribution in [2.75, 3.05) is 24.5 Å². The molecule has 3 rings (SSSR count). The molecule has 2 aromatic rings. The molecule has 0 bridgehead atoms. The first-order valence-electron chi connectivity index (χ1n) is 11.0. The fourth-order valence-electron chi connectivity index (χ4n) is 3.77. The molecule has 0 radical (unpaired) electrons. The van der Waals surface area contributed by atoms with Gasteiger partial charge < -0.3 is 15.5 Å². The third kappa shape index (κ3) is 5.62. The van der Waals surface area contributed by atoms with Crippen molar-refractivity contribution in [3.8, 4) is 0 Å². The number of para-hydroxylation sites is 1. The molecule has 0 aromatic heterocycles. The molecule has 2 N–H and O–H groups in total. The second kappa shape index (κ2) is 10.3. The van der Waals surface area contributed by atoms with Gasteiger partial charge in [-0.25, -0.2) is 0 Å². The minimum atomic E-state index is -0.0132. The Kier molecular flexibility index (Phi) is 7.50. The van der Waals surface area contributed by atoms with Crippen molar-refractivity contribution in [2.24, 2.45) is 5.92 Å². The molecule has 0 aliphatic carbocycles. The van der Waals surface area contributed by atoms with Crippen molar-refractivity contribution in [2.45, 2.75) is 46.1 Å². The van der Waals surface area contributed by atoms with Crippen LogP contribution < -0.4 is 15.5 Å². The van der Waals surface area contributed by atoms with Crippen LogP contribution in [0.25, 0.3) is 0 Å². The van der Waals surface area contributed by atoms with E-state index in [1.54, 1.807) is 0 Å². The summed E-state index contributed by atoms with van der Waals surface area (Å²) >= 11 is 0. The van der Waals surface area contributed by atoms with Crippen LogP contribution in [0.1, 0.15) is 59.4 Å². The third-order valence-electron chi connectivity index (χ3n) is 5.91. The number of carbonyl (C=O) groups is 2. The number of hydrogen-bond acceptors (Lipinski definition) is 3. The maximum absolute atomic E-state index is 12.7. The molecule has 1 atom stereocenters. The largest absolute Gasteiger partial charge is 0.371 e. The number of anilines is 1. The number of amides is 2. The lowest BCUT2D eigenvalue weighted by molar-refractivity contribution is 0.0929. The highest BCUT2D eigenvalue weighted by Gasteiger charge is 2.24. The lowest BCUT2D eigenvalue weighted by Crippen LogP contribution is -2.45. The van der Waals surface area contributed by atoms with E-state index in [9.17, 15) is 9.59 Å². The quantitative estimate of drug-likeness (QED) is 0.724. The first-order valence-corrected chi connectivity index (χ1v) is 11.0. The molecular formula is C25H33N3O2. The highest BCUT2D eigenvalue weighted by atomic mass is 16.2. The van der Waals surface area contributed by atoms with Crippen LogP contribution in [-0.2, 0) is 0 Å². The maximum Gasteiger partial charge on any atom is 0.253 e. The molecule has 1 aliphatic heterocycles. The van der Waals surface area contributed by atoms with Crippen LogP contribution in [0.15, 0.2) is 48.5 Å². The second-order valence-corrected chi connectivity index (χ2v) is 8.34. The normalized spacial score (nSPS) is 15.5. The summed E-state index contributed by atoms with van der Waals surface area (Å²) in [6.45, 7) is 8.58. The monoisotopic (exact) mass is 407 g/mol. The molecule has 1 unspecified atom stereocenters. The van der Waals surface area contributed by atoms with Gasteiger partial charge in [-0.2, -0.15) is 0 Å². The van der Waals surface area contributed by atoms with E-state index in [1.165, 1.54) is 0 Å². The molecule has 1 aliphatic rings. The Morgan fingerprint density at radius 1 is 1.07 bits per heavy atom. The number of rotatable bonds is 7. The SMILES string of the molecule is CCC(C)CNC(=O)c1ccccc1N1CCC(NC(=O)c2cccc(C)c2)CC1. The summed E-state index contributed by atoms with van der Waals surface area (Å²) in [6.07, 6.45) is 2.77. The first kappa shape index (κ1) is 21.9. The van der Waals surface area contributed by atoms with E-state index >= 15 is 0 Å². The zero-order chi connectivity index (χ0) is 21.5. The number of nitrogens with zero attached hydrogens (tertiary/aromatic N) is 1. The van der Waals surface area contributed by atoms with Crippen molar-refractivity contribution < 1.29 is 9.59 Å². The highest BCUT2D eigenvalue weighted by Crippen LogP contribution is 2.24. The topological polar surface area (TPSA) is 61.4 Å². The van der Waals surface area contributed by atoms with Gasteiger partial charge in [0, 0.05) is 36.9 Å². The van der Waals surface area contributed by atoms with Crippen LogP contribution in [0.4, 0.5) is 5.69 Å². The van der Waals surface area contributed by atoms with Crippen molar-refractivity contribution >= 4 is 17.5 Å². The predicted molar refractivity (Wildman–Crippen MR) is 122 cm³/mol. The minimum Gasteiger partial charge on any atom is -0.371 e. The summed E-state index contributed by atoms with van der Waals surface area (Å²) in [6, 6.07) is 15.6. The number of aryl methyl sites for hydroxylation is 1. The Morgan fingerprint density at radius 2 is 1.80 bits per heavy atom. The fraction of sp³-hybridized carbons (Fsp3) is 0.440. The van der Waals surface area contributed by atoms with E-state index < -0.39 is 0 Å². The number of benzene rings is 2. The minimum absolute atomic E-state index is 0.0121. The Morgan fingerprint density at radius 3 is 2.50 bits per heavy atom. The molecule has 30 heavy (non-hydrogen) atoms. The van der Waals surface area contributed by atoms with E-state index in [2.05, 4.69) is 29.4 Å². The van der Waals surface area contributed by atoms with E-state index in [0.29, 0.717) is 18.0 Å². The molecule has 1 heterocycles. The Bertz CT molecular complexity index is 872. The lowest BCUT2D eigenvalue weighted by Gasteiger charge is -2.35. The maximum atomic E-state index is 12.7. The van der Waals surface area contributed by atoms with Gasteiger partial charge in [-0.15, -0.1) is 0 Å². The number of hydrogen-bond donors (Lipinski definition) is 2. The molecule has 1 fully saturated rings. The molecule has 0 spiro atoms. The van der Waals surface area contributed by atoms with E-state index in [1.807, 2.05) is 55.5 Å². The average Bonchev–Trinajstić information content (AvgIpc) is 2.77. The molecule has 0 saturated carbocycles. The molecule has 160 valence electrons. The molecular weight excluding hydrogens is 374 g/mol. The number of carbonyl (C=O) groups excluding carboxylic acids is 2. The zero-order valence-electron chi connectivity index (χ0n) is 18.3. The summed E-state index contributed by atoms with van der Waals surface area (Å²) in [4.78, 5) is 27.5. The average molecular weight is 408 g/mol. The molecule has 2 amide bonds. The predicted octanol–water partition coefficient (Wildman–Crippen LogP) is 4.17. The molecule has 1 saturated heterocycles. The zero-order valence-corrected chi connectivity index (χ0v) is 18.3. The Labute approximate surface area is 179 Å². The summed E-state index contributed by atoms with van der Waals surface area (Å²) in [5.41, 5.74) is 3.49. The summed E-state index contributed by atoms with van der Waals surface area (Å²) < 4.78 is 0. The van der Waals surface area contributed by atoms with Crippen LogP contribution in [0.2, 0.25) is 0 Å². The Hall–Kier alpha value is -2.82. The summed E-state index contributed by atoms with van der Waals surface area (Å²) in [5, 5.41) is 6.23. The lowest BCUT2D eigenvalue weighted by atomic mass is 10.0. The first-order chi connectivity index (χ1) is 14.5. The number of piperidine rings is 1. The number of nitrogens with one attached hydrogen (secondary N) is 2.